The first kappa shape index (κ1) is 26.3. The second-order valence-corrected chi connectivity index (χ2v) is 7.89. The third-order valence-electron chi connectivity index (χ3n) is 5.32. The van der Waals surface area contributed by atoms with E-state index in [0.717, 1.165) is 68.6 Å². The molecule has 1 unspecified atom stereocenters. The van der Waals surface area contributed by atoms with E-state index in [4.69, 9.17) is 14.2 Å². The predicted octanol–water partition coefficient (Wildman–Crippen LogP) is 4.59. The number of rotatable bonds is 11. The second kappa shape index (κ2) is 14.9. The minimum absolute atomic E-state index is 0. The standard InChI is InChI=1S/C25H35N3O3.HI/c1-26-25(28(2)18-22-14-17-29-19-22)27-15-6-7-16-30-23-10-12-24(13-11-23)31-20-21-8-4-3-5-9-21;/h3-5,8-13,22H,6-7,14-20H2,1-2H3,(H,26,27);1H. The molecule has 0 saturated carbocycles. The molecular formula is C25H36IN3O3. The second-order valence-electron chi connectivity index (χ2n) is 7.89. The maximum atomic E-state index is 5.86. The highest BCUT2D eigenvalue weighted by Gasteiger charge is 2.18. The molecule has 1 aliphatic heterocycles. The van der Waals surface area contributed by atoms with Gasteiger partial charge in [0.05, 0.1) is 13.2 Å². The van der Waals surface area contributed by atoms with E-state index in [-0.39, 0.29) is 24.0 Å². The molecule has 1 saturated heterocycles. The molecule has 0 radical (unpaired) electrons. The molecule has 0 aromatic heterocycles. The summed E-state index contributed by atoms with van der Waals surface area (Å²) in [5.74, 6) is 3.26. The zero-order valence-electron chi connectivity index (χ0n) is 19.2. The van der Waals surface area contributed by atoms with Crippen molar-refractivity contribution >= 4 is 29.9 Å². The Hall–Kier alpha value is -2.00. The zero-order chi connectivity index (χ0) is 21.7. The van der Waals surface area contributed by atoms with Crippen molar-refractivity contribution in [1.29, 1.82) is 0 Å². The summed E-state index contributed by atoms with van der Waals surface area (Å²) in [6, 6.07) is 18.0. The van der Waals surface area contributed by atoms with E-state index < -0.39 is 0 Å². The van der Waals surface area contributed by atoms with E-state index in [1.807, 2.05) is 49.5 Å². The molecule has 3 rings (SSSR count). The Morgan fingerprint density at radius 2 is 1.78 bits per heavy atom. The molecule has 1 heterocycles. The number of unbranched alkanes of at least 4 members (excludes halogenated alkanes) is 1. The predicted molar refractivity (Wildman–Crippen MR) is 140 cm³/mol. The number of nitrogens with one attached hydrogen (secondary N) is 1. The van der Waals surface area contributed by atoms with Crippen LogP contribution in [0.15, 0.2) is 59.6 Å². The van der Waals surface area contributed by atoms with Gasteiger partial charge in [0, 0.05) is 39.7 Å². The van der Waals surface area contributed by atoms with Crippen LogP contribution in [0, 0.1) is 5.92 Å². The summed E-state index contributed by atoms with van der Waals surface area (Å²) in [5.41, 5.74) is 1.16. The van der Waals surface area contributed by atoms with E-state index in [2.05, 4.69) is 34.4 Å². The number of hydrogen-bond donors (Lipinski definition) is 1. The molecule has 6 nitrogen and oxygen atoms in total. The molecule has 32 heavy (non-hydrogen) atoms. The van der Waals surface area contributed by atoms with Gasteiger partial charge in [0.1, 0.15) is 18.1 Å². The zero-order valence-corrected chi connectivity index (χ0v) is 21.5. The van der Waals surface area contributed by atoms with Crippen LogP contribution in [0.2, 0.25) is 0 Å². The van der Waals surface area contributed by atoms with Crippen LogP contribution in [0.1, 0.15) is 24.8 Å². The molecule has 0 aliphatic carbocycles. The first-order valence-electron chi connectivity index (χ1n) is 11.1. The summed E-state index contributed by atoms with van der Waals surface area (Å²) < 4.78 is 17.1. The van der Waals surface area contributed by atoms with Crippen molar-refractivity contribution in [3.8, 4) is 11.5 Å². The molecule has 0 spiro atoms. The van der Waals surface area contributed by atoms with Crippen molar-refractivity contribution in [2.75, 3.05) is 47.0 Å². The van der Waals surface area contributed by atoms with E-state index in [9.17, 15) is 0 Å². The number of hydrogen-bond acceptors (Lipinski definition) is 4. The summed E-state index contributed by atoms with van der Waals surface area (Å²) in [6.45, 7) is 4.87. The Balaban J connectivity index is 0.00000363. The average molecular weight is 553 g/mol. The Bertz CT molecular complexity index is 781. The molecule has 1 N–H and O–H groups in total. The van der Waals surface area contributed by atoms with Crippen LogP contribution in [0.5, 0.6) is 11.5 Å². The van der Waals surface area contributed by atoms with Gasteiger partial charge in [-0.3, -0.25) is 4.99 Å². The first-order chi connectivity index (χ1) is 15.2. The van der Waals surface area contributed by atoms with Gasteiger partial charge in [0.25, 0.3) is 0 Å². The van der Waals surface area contributed by atoms with E-state index in [1.54, 1.807) is 0 Å². The molecule has 0 bridgehead atoms. The summed E-state index contributed by atoms with van der Waals surface area (Å²) in [7, 11) is 3.92. The lowest BCUT2D eigenvalue weighted by molar-refractivity contribution is 0.181. The molecule has 7 heteroatoms. The fourth-order valence-corrected chi connectivity index (χ4v) is 3.58. The van der Waals surface area contributed by atoms with Gasteiger partial charge in [-0.1, -0.05) is 30.3 Å². The van der Waals surface area contributed by atoms with Crippen molar-refractivity contribution in [3.05, 3.63) is 60.2 Å². The van der Waals surface area contributed by atoms with Crippen molar-refractivity contribution in [2.45, 2.75) is 25.9 Å². The summed E-state index contributed by atoms with van der Waals surface area (Å²) in [6.07, 6.45) is 3.15. The molecular weight excluding hydrogens is 517 g/mol. The third-order valence-corrected chi connectivity index (χ3v) is 5.32. The van der Waals surface area contributed by atoms with E-state index in [1.165, 1.54) is 0 Å². The number of ether oxygens (including phenoxy) is 3. The van der Waals surface area contributed by atoms with Gasteiger partial charge in [-0.05, 0) is 49.1 Å². The molecule has 2 aromatic carbocycles. The number of aliphatic imine (C=N–C) groups is 1. The highest BCUT2D eigenvalue weighted by molar-refractivity contribution is 14.0. The van der Waals surface area contributed by atoms with Gasteiger partial charge < -0.3 is 24.4 Å². The fraction of sp³-hybridized carbons (Fsp3) is 0.480. The molecule has 1 atom stereocenters. The van der Waals surface area contributed by atoms with E-state index in [0.29, 0.717) is 19.1 Å². The summed E-state index contributed by atoms with van der Waals surface area (Å²) in [4.78, 5) is 6.58. The average Bonchev–Trinajstić information content (AvgIpc) is 3.31. The van der Waals surface area contributed by atoms with Gasteiger partial charge >= 0.3 is 0 Å². The van der Waals surface area contributed by atoms with Crippen LogP contribution in [0.25, 0.3) is 0 Å². The fourth-order valence-electron chi connectivity index (χ4n) is 3.58. The summed E-state index contributed by atoms with van der Waals surface area (Å²) >= 11 is 0. The Morgan fingerprint density at radius 1 is 1.06 bits per heavy atom. The molecule has 1 fully saturated rings. The largest absolute Gasteiger partial charge is 0.494 e. The van der Waals surface area contributed by atoms with Crippen LogP contribution >= 0.6 is 24.0 Å². The van der Waals surface area contributed by atoms with Gasteiger partial charge in [0.15, 0.2) is 5.96 Å². The monoisotopic (exact) mass is 553 g/mol. The number of benzene rings is 2. The van der Waals surface area contributed by atoms with Crippen LogP contribution in [0.3, 0.4) is 0 Å². The van der Waals surface area contributed by atoms with Crippen LogP contribution < -0.4 is 14.8 Å². The van der Waals surface area contributed by atoms with Crippen molar-refractivity contribution in [1.82, 2.24) is 10.2 Å². The minimum atomic E-state index is 0. The maximum Gasteiger partial charge on any atom is 0.193 e. The molecule has 176 valence electrons. The lowest BCUT2D eigenvalue weighted by Gasteiger charge is -2.24. The van der Waals surface area contributed by atoms with Gasteiger partial charge in [-0.25, -0.2) is 0 Å². The first-order valence-corrected chi connectivity index (χ1v) is 11.1. The lowest BCUT2D eigenvalue weighted by atomic mass is 10.1. The van der Waals surface area contributed by atoms with Gasteiger partial charge in [0.2, 0.25) is 0 Å². The quantitative estimate of drug-likeness (QED) is 0.191. The molecule has 0 amide bonds. The third kappa shape index (κ3) is 9.24. The van der Waals surface area contributed by atoms with Crippen LogP contribution in [0.4, 0.5) is 0 Å². The number of nitrogens with zero attached hydrogens (tertiary/aromatic N) is 2. The number of guanidine groups is 1. The highest BCUT2D eigenvalue weighted by Crippen LogP contribution is 2.19. The van der Waals surface area contributed by atoms with Gasteiger partial charge in [-0.15, -0.1) is 24.0 Å². The highest BCUT2D eigenvalue weighted by atomic mass is 127. The van der Waals surface area contributed by atoms with Gasteiger partial charge in [-0.2, -0.15) is 0 Å². The Kier molecular flexibility index (Phi) is 12.3. The minimum Gasteiger partial charge on any atom is -0.494 e. The number of halogens is 1. The summed E-state index contributed by atoms with van der Waals surface area (Å²) in [5, 5.41) is 3.44. The molecule has 1 aliphatic rings. The van der Waals surface area contributed by atoms with Crippen molar-refractivity contribution < 1.29 is 14.2 Å². The van der Waals surface area contributed by atoms with E-state index >= 15 is 0 Å². The Labute approximate surface area is 209 Å². The topological polar surface area (TPSA) is 55.3 Å². The normalized spacial score (nSPS) is 15.7. The molecule has 2 aromatic rings. The lowest BCUT2D eigenvalue weighted by Crippen LogP contribution is -2.41. The Morgan fingerprint density at radius 3 is 2.44 bits per heavy atom. The maximum absolute atomic E-state index is 5.86. The van der Waals surface area contributed by atoms with Crippen molar-refractivity contribution in [2.24, 2.45) is 10.9 Å². The van der Waals surface area contributed by atoms with Crippen molar-refractivity contribution in [3.63, 3.8) is 0 Å². The smallest absolute Gasteiger partial charge is 0.193 e. The SMILES string of the molecule is CN=C(NCCCCOc1ccc(OCc2ccccc2)cc1)N(C)CC1CCOC1.I. The van der Waals surface area contributed by atoms with Crippen LogP contribution in [-0.4, -0.2) is 57.9 Å². The van der Waals surface area contributed by atoms with Crippen LogP contribution in [-0.2, 0) is 11.3 Å².